The van der Waals surface area contributed by atoms with Crippen LogP contribution in [0.1, 0.15) is 75.0 Å². The highest BCUT2D eigenvalue weighted by molar-refractivity contribution is 5.28. The van der Waals surface area contributed by atoms with Crippen LogP contribution in [0.3, 0.4) is 0 Å². The van der Waals surface area contributed by atoms with Crippen LogP contribution in [0.5, 0.6) is 0 Å². The Balaban J connectivity index is 1.68. The minimum atomic E-state index is 0.123. The fourth-order valence-electron chi connectivity index (χ4n) is 4.17. The molecule has 1 aromatic carbocycles. The van der Waals surface area contributed by atoms with Crippen molar-refractivity contribution >= 4 is 0 Å². The van der Waals surface area contributed by atoms with Crippen molar-refractivity contribution in [3.63, 3.8) is 0 Å². The molecule has 2 N–H and O–H groups in total. The number of benzene rings is 1. The molecule has 2 heteroatoms. The van der Waals surface area contributed by atoms with Crippen molar-refractivity contribution in [3.05, 3.63) is 35.4 Å². The minimum Gasteiger partial charge on any atom is -0.378 e. The average molecular weight is 287 g/mol. The minimum absolute atomic E-state index is 0.123. The van der Waals surface area contributed by atoms with Crippen LogP contribution in [-0.4, -0.2) is 12.7 Å². The molecule has 0 bridgehead atoms. The molecule has 0 amide bonds. The van der Waals surface area contributed by atoms with Crippen LogP contribution in [0.25, 0.3) is 0 Å². The van der Waals surface area contributed by atoms with Crippen molar-refractivity contribution in [2.45, 2.75) is 69.9 Å². The van der Waals surface area contributed by atoms with Crippen molar-refractivity contribution in [3.8, 4) is 0 Å². The summed E-state index contributed by atoms with van der Waals surface area (Å²) >= 11 is 0. The number of hydrogen-bond donors (Lipinski definition) is 1. The van der Waals surface area contributed by atoms with Gasteiger partial charge in [-0.25, -0.2) is 0 Å². The van der Waals surface area contributed by atoms with E-state index in [0.29, 0.717) is 12.0 Å². The summed E-state index contributed by atoms with van der Waals surface area (Å²) in [6, 6.07) is 9.29. The van der Waals surface area contributed by atoms with Gasteiger partial charge in [0.2, 0.25) is 0 Å². The van der Waals surface area contributed by atoms with Crippen molar-refractivity contribution in [1.82, 2.24) is 0 Å². The molecule has 0 aromatic heterocycles. The summed E-state index contributed by atoms with van der Waals surface area (Å²) in [5.41, 5.74) is 9.31. The Kier molecular flexibility index (Phi) is 4.97. The first-order chi connectivity index (χ1) is 10.3. The molecule has 3 atom stereocenters. The molecule has 116 valence electrons. The SMILES string of the molecule is CCC1OCCC1C(N)c1ccc(C2CCCCC2)cc1. The van der Waals surface area contributed by atoms with Crippen molar-refractivity contribution in [2.24, 2.45) is 11.7 Å². The van der Waals surface area contributed by atoms with Gasteiger partial charge in [0, 0.05) is 18.6 Å². The summed E-state index contributed by atoms with van der Waals surface area (Å²) in [5, 5.41) is 0. The van der Waals surface area contributed by atoms with Crippen molar-refractivity contribution < 1.29 is 4.74 Å². The Labute approximate surface area is 129 Å². The van der Waals surface area contributed by atoms with Crippen molar-refractivity contribution in [1.29, 1.82) is 0 Å². The van der Waals surface area contributed by atoms with Gasteiger partial charge in [0.05, 0.1) is 6.10 Å². The highest BCUT2D eigenvalue weighted by Gasteiger charge is 2.32. The topological polar surface area (TPSA) is 35.2 Å². The summed E-state index contributed by atoms with van der Waals surface area (Å²) in [5.74, 6) is 1.26. The second-order valence-corrected chi connectivity index (χ2v) is 6.80. The lowest BCUT2D eigenvalue weighted by atomic mass is 9.82. The molecule has 0 radical (unpaired) electrons. The Hall–Kier alpha value is -0.860. The van der Waals surface area contributed by atoms with Gasteiger partial charge in [-0.05, 0) is 42.7 Å². The van der Waals surface area contributed by atoms with Gasteiger partial charge in [-0.3, -0.25) is 0 Å². The molecule has 3 rings (SSSR count). The zero-order valence-electron chi connectivity index (χ0n) is 13.3. The zero-order chi connectivity index (χ0) is 14.7. The Morgan fingerprint density at radius 3 is 2.48 bits per heavy atom. The first-order valence-corrected chi connectivity index (χ1v) is 8.76. The number of hydrogen-bond acceptors (Lipinski definition) is 2. The Bertz CT molecular complexity index is 435. The van der Waals surface area contributed by atoms with Gasteiger partial charge >= 0.3 is 0 Å². The molecule has 1 saturated carbocycles. The van der Waals surface area contributed by atoms with Crippen LogP contribution in [0.2, 0.25) is 0 Å². The van der Waals surface area contributed by atoms with E-state index in [1.54, 1.807) is 0 Å². The van der Waals surface area contributed by atoms with Crippen LogP contribution < -0.4 is 5.73 Å². The smallest absolute Gasteiger partial charge is 0.0619 e. The molecular formula is C19H29NO. The predicted octanol–water partition coefficient (Wildman–Crippen LogP) is 4.55. The van der Waals surface area contributed by atoms with E-state index in [1.807, 2.05) is 0 Å². The molecule has 1 heterocycles. The molecule has 1 aliphatic heterocycles. The number of ether oxygens (including phenoxy) is 1. The van der Waals surface area contributed by atoms with Crippen LogP contribution in [-0.2, 0) is 4.74 Å². The highest BCUT2D eigenvalue weighted by Crippen LogP contribution is 2.36. The Morgan fingerprint density at radius 2 is 1.81 bits per heavy atom. The monoisotopic (exact) mass is 287 g/mol. The van der Waals surface area contributed by atoms with Crippen LogP contribution in [0.4, 0.5) is 0 Å². The van der Waals surface area contributed by atoms with Gasteiger partial charge in [0.1, 0.15) is 0 Å². The van der Waals surface area contributed by atoms with E-state index in [0.717, 1.165) is 25.4 Å². The molecule has 1 aromatic rings. The molecule has 3 unspecified atom stereocenters. The summed E-state index contributed by atoms with van der Waals surface area (Å²) < 4.78 is 5.80. The van der Waals surface area contributed by atoms with Crippen LogP contribution in [0, 0.1) is 5.92 Å². The third kappa shape index (κ3) is 3.32. The predicted molar refractivity (Wildman–Crippen MR) is 87.3 cm³/mol. The van der Waals surface area contributed by atoms with E-state index in [2.05, 4.69) is 31.2 Å². The first-order valence-electron chi connectivity index (χ1n) is 8.76. The fourth-order valence-corrected chi connectivity index (χ4v) is 4.17. The average Bonchev–Trinajstić information content (AvgIpc) is 3.04. The second-order valence-electron chi connectivity index (χ2n) is 6.80. The summed E-state index contributed by atoms with van der Waals surface area (Å²) in [7, 11) is 0. The van der Waals surface area contributed by atoms with Gasteiger partial charge in [0.15, 0.2) is 0 Å². The van der Waals surface area contributed by atoms with E-state index in [1.165, 1.54) is 43.2 Å². The molecule has 2 nitrogen and oxygen atoms in total. The van der Waals surface area contributed by atoms with Crippen molar-refractivity contribution in [2.75, 3.05) is 6.61 Å². The van der Waals surface area contributed by atoms with E-state index in [-0.39, 0.29) is 6.04 Å². The summed E-state index contributed by atoms with van der Waals surface area (Å²) in [6.45, 7) is 3.07. The number of rotatable bonds is 4. The maximum atomic E-state index is 6.51. The fraction of sp³-hybridized carbons (Fsp3) is 0.684. The molecule has 2 fully saturated rings. The van der Waals surface area contributed by atoms with Gasteiger partial charge in [-0.15, -0.1) is 0 Å². The zero-order valence-corrected chi connectivity index (χ0v) is 13.3. The first kappa shape index (κ1) is 15.1. The highest BCUT2D eigenvalue weighted by atomic mass is 16.5. The third-order valence-corrected chi connectivity index (χ3v) is 5.52. The molecule has 21 heavy (non-hydrogen) atoms. The van der Waals surface area contributed by atoms with Gasteiger partial charge in [-0.2, -0.15) is 0 Å². The standard InChI is InChI=1S/C19H29NO/c1-2-18-17(12-13-21-18)19(20)16-10-8-15(9-11-16)14-6-4-3-5-7-14/h8-11,14,17-19H,2-7,12-13,20H2,1H3. The van der Waals surface area contributed by atoms with Gasteiger partial charge < -0.3 is 10.5 Å². The van der Waals surface area contributed by atoms with Gasteiger partial charge in [0.25, 0.3) is 0 Å². The van der Waals surface area contributed by atoms with Crippen LogP contribution >= 0.6 is 0 Å². The lowest BCUT2D eigenvalue weighted by Crippen LogP contribution is -2.28. The largest absolute Gasteiger partial charge is 0.378 e. The summed E-state index contributed by atoms with van der Waals surface area (Å²) in [4.78, 5) is 0. The molecular weight excluding hydrogens is 258 g/mol. The maximum Gasteiger partial charge on any atom is 0.0619 e. The molecule has 1 saturated heterocycles. The lowest BCUT2D eigenvalue weighted by molar-refractivity contribution is 0.0813. The van der Waals surface area contributed by atoms with E-state index in [9.17, 15) is 0 Å². The summed E-state index contributed by atoms with van der Waals surface area (Å²) in [6.07, 6.45) is 9.44. The van der Waals surface area contributed by atoms with E-state index in [4.69, 9.17) is 10.5 Å². The Morgan fingerprint density at radius 1 is 1.10 bits per heavy atom. The lowest BCUT2D eigenvalue weighted by Gasteiger charge is -2.25. The number of nitrogens with two attached hydrogens (primary N) is 1. The van der Waals surface area contributed by atoms with E-state index < -0.39 is 0 Å². The second kappa shape index (κ2) is 6.93. The van der Waals surface area contributed by atoms with Gasteiger partial charge in [-0.1, -0.05) is 50.5 Å². The molecule has 1 aliphatic carbocycles. The quantitative estimate of drug-likeness (QED) is 0.881. The maximum absolute atomic E-state index is 6.51. The van der Waals surface area contributed by atoms with E-state index >= 15 is 0 Å². The third-order valence-electron chi connectivity index (χ3n) is 5.52. The van der Waals surface area contributed by atoms with Crippen LogP contribution in [0.15, 0.2) is 24.3 Å². The normalized spacial score (nSPS) is 28.7. The molecule has 0 spiro atoms. The molecule has 2 aliphatic rings.